The number of sulfone groups is 1. The van der Waals surface area contributed by atoms with Gasteiger partial charge in [0.1, 0.15) is 0 Å². The quantitative estimate of drug-likeness (QED) is 0.570. The zero-order chi connectivity index (χ0) is 21.9. The highest BCUT2D eigenvalue weighted by molar-refractivity contribution is 7.90. The molecular formula is C21H24N4O4S. The largest absolute Gasteiger partial charge is 0.422 e. The minimum atomic E-state index is -3.32. The molecule has 0 unspecified atom stereocenters. The SMILES string of the molecule is CCCS(=O)(=O)Cc1cc(-c2cc(C)c(=O)n(C)c2)nc(Oc2cnccc2C)n1. The molecule has 30 heavy (non-hydrogen) atoms. The van der Waals surface area contributed by atoms with Crippen LogP contribution in [0.5, 0.6) is 11.8 Å². The summed E-state index contributed by atoms with van der Waals surface area (Å²) in [5.41, 5.74) is 2.76. The molecule has 0 aliphatic rings. The third-order valence-corrected chi connectivity index (χ3v) is 6.26. The second-order valence-electron chi connectivity index (χ2n) is 7.19. The van der Waals surface area contributed by atoms with Crippen LogP contribution in [0.2, 0.25) is 0 Å². The summed E-state index contributed by atoms with van der Waals surface area (Å²) in [6, 6.07) is 5.16. The van der Waals surface area contributed by atoms with Gasteiger partial charge in [-0.1, -0.05) is 6.92 Å². The number of hydrogen-bond donors (Lipinski definition) is 0. The molecule has 3 rings (SSSR count). The number of nitrogens with zero attached hydrogens (tertiary/aromatic N) is 4. The Bertz CT molecular complexity index is 1210. The van der Waals surface area contributed by atoms with Gasteiger partial charge in [-0.05, 0) is 44.0 Å². The summed E-state index contributed by atoms with van der Waals surface area (Å²) >= 11 is 0. The van der Waals surface area contributed by atoms with Crippen molar-refractivity contribution in [3.8, 4) is 23.0 Å². The fraction of sp³-hybridized carbons (Fsp3) is 0.333. The molecule has 3 aromatic rings. The molecule has 158 valence electrons. The van der Waals surface area contributed by atoms with Crippen molar-refractivity contribution < 1.29 is 13.2 Å². The average Bonchev–Trinajstić information content (AvgIpc) is 2.67. The molecule has 0 saturated carbocycles. The van der Waals surface area contributed by atoms with Crippen LogP contribution in [-0.2, 0) is 22.6 Å². The molecule has 0 bridgehead atoms. The van der Waals surface area contributed by atoms with Crippen molar-refractivity contribution in [2.45, 2.75) is 32.9 Å². The van der Waals surface area contributed by atoms with E-state index in [1.807, 2.05) is 13.8 Å². The molecule has 3 aromatic heterocycles. The van der Waals surface area contributed by atoms with Gasteiger partial charge in [-0.25, -0.2) is 8.42 Å². The molecule has 0 aliphatic heterocycles. The van der Waals surface area contributed by atoms with Crippen molar-refractivity contribution in [3.05, 3.63) is 64.0 Å². The fourth-order valence-corrected chi connectivity index (χ4v) is 4.39. The summed E-state index contributed by atoms with van der Waals surface area (Å²) in [5, 5.41) is 0. The van der Waals surface area contributed by atoms with E-state index in [9.17, 15) is 13.2 Å². The van der Waals surface area contributed by atoms with Crippen molar-refractivity contribution >= 4 is 9.84 Å². The molecule has 3 heterocycles. The first-order chi connectivity index (χ1) is 14.2. The van der Waals surface area contributed by atoms with Gasteiger partial charge in [0, 0.05) is 30.6 Å². The molecule has 0 N–H and O–H groups in total. The van der Waals surface area contributed by atoms with E-state index in [0.29, 0.717) is 34.7 Å². The summed E-state index contributed by atoms with van der Waals surface area (Å²) in [6.45, 7) is 5.40. The van der Waals surface area contributed by atoms with E-state index in [0.717, 1.165) is 5.56 Å². The van der Waals surface area contributed by atoms with Gasteiger partial charge in [0.15, 0.2) is 15.6 Å². The van der Waals surface area contributed by atoms with Crippen LogP contribution in [0.25, 0.3) is 11.3 Å². The molecule has 0 atom stereocenters. The van der Waals surface area contributed by atoms with E-state index >= 15 is 0 Å². The number of ether oxygens (including phenoxy) is 1. The molecule has 8 nitrogen and oxygen atoms in total. The topological polar surface area (TPSA) is 104 Å². The van der Waals surface area contributed by atoms with Crippen LogP contribution in [0, 0.1) is 13.8 Å². The Morgan fingerprint density at radius 1 is 1.13 bits per heavy atom. The Kier molecular flexibility index (Phi) is 6.31. The highest BCUT2D eigenvalue weighted by atomic mass is 32.2. The van der Waals surface area contributed by atoms with Gasteiger partial charge in [0.05, 0.1) is 29.1 Å². The predicted molar refractivity (Wildman–Crippen MR) is 114 cm³/mol. The summed E-state index contributed by atoms with van der Waals surface area (Å²) in [6.07, 6.45) is 5.38. The van der Waals surface area contributed by atoms with E-state index in [1.54, 1.807) is 50.8 Å². The minimum Gasteiger partial charge on any atom is -0.422 e. The minimum absolute atomic E-state index is 0.0248. The summed E-state index contributed by atoms with van der Waals surface area (Å²) in [7, 11) is -1.66. The van der Waals surface area contributed by atoms with Crippen molar-refractivity contribution in [2.75, 3.05) is 5.75 Å². The lowest BCUT2D eigenvalue weighted by Crippen LogP contribution is -2.18. The van der Waals surface area contributed by atoms with Gasteiger partial charge in [-0.2, -0.15) is 9.97 Å². The second kappa shape index (κ2) is 8.74. The zero-order valence-corrected chi connectivity index (χ0v) is 18.2. The first-order valence-corrected chi connectivity index (χ1v) is 11.3. The van der Waals surface area contributed by atoms with Crippen LogP contribution < -0.4 is 10.3 Å². The van der Waals surface area contributed by atoms with Crippen LogP contribution >= 0.6 is 0 Å². The van der Waals surface area contributed by atoms with E-state index < -0.39 is 9.84 Å². The third kappa shape index (κ3) is 5.10. The normalized spacial score (nSPS) is 11.5. The van der Waals surface area contributed by atoms with Crippen molar-refractivity contribution in [1.29, 1.82) is 0 Å². The molecule has 0 radical (unpaired) electrons. The van der Waals surface area contributed by atoms with E-state index in [4.69, 9.17) is 4.74 Å². The van der Waals surface area contributed by atoms with Crippen LogP contribution in [0.3, 0.4) is 0 Å². The molecule has 0 spiro atoms. The van der Waals surface area contributed by atoms with Gasteiger partial charge in [-0.3, -0.25) is 9.78 Å². The van der Waals surface area contributed by atoms with Crippen LogP contribution in [0.1, 0.15) is 30.2 Å². The lowest BCUT2D eigenvalue weighted by Gasteiger charge is -2.11. The number of aryl methyl sites for hydroxylation is 3. The van der Waals surface area contributed by atoms with Gasteiger partial charge in [0.25, 0.3) is 5.56 Å². The molecule has 0 aliphatic carbocycles. The summed E-state index contributed by atoms with van der Waals surface area (Å²) in [4.78, 5) is 24.9. The van der Waals surface area contributed by atoms with Crippen molar-refractivity contribution in [1.82, 2.24) is 19.5 Å². The Morgan fingerprint density at radius 2 is 1.90 bits per heavy atom. The lowest BCUT2D eigenvalue weighted by atomic mass is 10.1. The maximum absolute atomic E-state index is 12.4. The van der Waals surface area contributed by atoms with Crippen LogP contribution in [-0.4, -0.2) is 33.7 Å². The van der Waals surface area contributed by atoms with Gasteiger partial charge >= 0.3 is 6.01 Å². The smallest absolute Gasteiger partial charge is 0.322 e. The molecule has 0 aromatic carbocycles. The van der Waals surface area contributed by atoms with Crippen LogP contribution in [0.15, 0.2) is 41.6 Å². The standard InChI is InChI=1S/C21H24N4O4S/c1-5-8-30(27,28)13-17-10-18(16-9-15(3)20(26)25(4)12-16)24-21(23-17)29-19-11-22-7-6-14(19)2/h6-7,9-12H,5,8,13H2,1-4H3. The summed E-state index contributed by atoms with van der Waals surface area (Å²) < 4.78 is 32.0. The number of pyridine rings is 2. The molecule has 9 heteroatoms. The van der Waals surface area contributed by atoms with E-state index in [-0.39, 0.29) is 23.1 Å². The van der Waals surface area contributed by atoms with Crippen molar-refractivity contribution in [3.63, 3.8) is 0 Å². The average molecular weight is 429 g/mol. The highest BCUT2D eigenvalue weighted by Crippen LogP contribution is 2.25. The Morgan fingerprint density at radius 3 is 2.57 bits per heavy atom. The molecular weight excluding hydrogens is 404 g/mol. The predicted octanol–water partition coefficient (Wildman–Crippen LogP) is 2.97. The van der Waals surface area contributed by atoms with Crippen molar-refractivity contribution in [2.24, 2.45) is 7.05 Å². The third-order valence-electron chi connectivity index (χ3n) is 4.49. The highest BCUT2D eigenvalue weighted by Gasteiger charge is 2.17. The van der Waals surface area contributed by atoms with Crippen LogP contribution in [0.4, 0.5) is 0 Å². The first kappa shape index (κ1) is 21.6. The lowest BCUT2D eigenvalue weighted by molar-refractivity contribution is 0.435. The Balaban J connectivity index is 2.10. The molecule has 0 saturated heterocycles. The zero-order valence-electron chi connectivity index (χ0n) is 17.4. The monoisotopic (exact) mass is 428 g/mol. The molecule has 0 fully saturated rings. The van der Waals surface area contributed by atoms with Gasteiger partial charge in [0.2, 0.25) is 0 Å². The van der Waals surface area contributed by atoms with Gasteiger partial charge < -0.3 is 9.30 Å². The maximum atomic E-state index is 12.4. The fourth-order valence-electron chi connectivity index (χ4n) is 3.02. The Hall–Kier alpha value is -3.07. The maximum Gasteiger partial charge on any atom is 0.322 e. The molecule has 0 amide bonds. The number of aromatic nitrogens is 4. The number of hydrogen-bond acceptors (Lipinski definition) is 7. The van der Waals surface area contributed by atoms with E-state index in [2.05, 4.69) is 15.0 Å². The summed E-state index contributed by atoms with van der Waals surface area (Å²) in [5.74, 6) is 0.334. The number of rotatable bonds is 7. The van der Waals surface area contributed by atoms with Gasteiger partial charge in [-0.15, -0.1) is 0 Å². The first-order valence-electron chi connectivity index (χ1n) is 9.53. The Labute approximate surface area is 175 Å². The second-order valence-corrected chi connectivity index (χ2v) is 9.37. The van der Waals surface area contributed by atoms with E-state index in [1.165, 1.54) is 4.57 Å².